The Morgan fingerprint density at radius 3 is 1.84 bits per heavy atom. The molecule has 32 heavy (non-hydrogen) atoms. The topological polar surface area (TPSA) is 101 Å². The maximum atomic E-state index is 11.8. The molecule has 1 unspecified atom stereocenters. The summed E-state index contributed by atoms with van der Waals surface area (Å²) in [5, 5.41) is 9.85. The quantitative estimate of drug-likeness (QED) is 0.419. The monoisotopic (exact) mass is 442 g/mol. The maximum absolute atomic E-state index is 11.8. The third-order valence-electron chi connectivity index (χ3n) is 4.18. The van der Waals surface area contributed by atoms with Gasteiger partial charge in [-0.3, -0.25) is 0 Å². The number of carbonyl (C=O) groups is 2. The van der Waals surface area contributed by atoms with Crippen molar-refractivity contribution >= 4 is 24.1 Å². The van der Waals surface area contributed by atoms with Crippen LogP contribution < -0.4 is 14.2 Å². The van der Waals surface area contributed by atoms with E-state index in [1.54, 1.807) is 61.7 Å². The van der Waals surface area contributed by atoms with Gasteiger partial charge in [-0.15, -0.1) is 0 Å². The Morgan fingerprint density at radius 1 is 0.781 bits per heavy atom. The Bertz CT molecular complexity index is 947. The van der Waals surface area contributed by atoms with Gasteiger partial charge in [0.25, 0.3) is 0 Å². The number of rotatable bonds is 11. The maximum Gasteiger partial charge on any atom is 0.330 e. The van der Waals surface area contributed by atoms with E-state index in [9.17, 15) is 14.7 Å². The molecule has 1 atom stereocenters. The van der Waals surface area contributed by atoms with E-state index < -0.39 is 18.0 Å². The SMILES string of the molecule is COc1ccc(C=CC(=O)OCC(O)COC(=O)C=Cc2ccc(OC)c(OC)c2)cc1. The van der Waals surface area contributed by atoms with Crippen molar-refractivity contribution in [3.05, 3.63) is 65.7 Å². The van der Waals surface area contributed by atoms with E-state index in [4.69, 9.17) is 23.7 Å². The Balaban J connectivity index is 1.73. The Hall–Kier alpha value is -3.78. The molecule has 2 aromatic rings. The van der Waals surface area contributed by atoms with E-state index in [0.717, 1.165) is 5.56 Å². The molecular weight excluding hydrogens is 416 g/mol. The number of esters is 2. The highest BCUT2D eigenvalue weighted by atomic mass is 16.6. The first-order valence-corrected chi connectivity index (χ1v) is 9.69. The first-order valence-electron chi connectivity index (χ1n) is 9.69. The number of hydrogen-bond donors (Lipinski definition) is 1. The summed E-state index contributed by atoms with van der Waals surface area (Å²) in [5.41, 5.74) is 1.50. The van der Waals surface area contributed by atoms with E-state index in [1.807, 2.05) is 0 Å². The van der Waals surface area contributed by atoms with Crippen molar-refractivity contribution in [3.8, 4) is 17.2 Å². The molecule has 1 N–H and O–H groups in total. The van der Waals surface area contributed by atoms with Gasteiger partial charge in [0, 0.05) is 12.2 Å². The average Bonchev–Trinajstić information content (AvgIpc) is 2.83. The van der Waals surface area contributed by atoms with Gasteiger partial charge in [-0.25, -0.2) is 9.59 Å². The highest BCUT2D eigenvalue weighted by Gasteiger charge is 2.10. The summed E-state index contributed by atoms with van der Waals surface area (Å²) in [6.07, 6.45) is 4.43. The van der Waals surface area contributed by atoms with Crippen LogP contribution in [0.1, 0.15) is 11.1 Å². The fourth-order valence-corrected chi connectivity index (χ4v) is 2.50. The normalized spacial score (nSPS) is 11.9. The van der Waals surface area contributed by atoms with Gasteiger partial charge in [-0.2, -0.15) is 0 Å². The lowest BCUT2D eigenvalue weighted by Crippen LogP contribution is -2.24. The summed E-state index contributed by atoms with van der Waals surface area (Å²) in [6, 6.07) is 12.3. The first-order chi connectivity index (χ1) is 15.4. The summed E-state index contributed by atoms with van der Waals surface area (Å²) in [6.45, 7) is -0.622. The van der Waals surface area contributed by atoms with Crippen LogP contribution in [0.4, 0.5) is 0 Å². The first kappa shape index (κ1) is 24.5. The molecule has 0 radical (unpaired) electrons. The zero-order valence-corrected chi connectivity index (χ0v) is 18.1. The third-order valence-corrected chi connectivity index (χ3v) is 4.18. The van der Waals surface area contributed by atoms with E-state index in [1.165, 1.54) is 26.4 Å². The molecule has 0 saturated carbocycles. The Morgan fingerprint density at radius 2 is 1.31 bits per heavy atom. The van der Waals surface area contributed by atoms with E-state index in [0.29, 0.717) is 22.8 Å². The molecule has 0 bridgehead atoms. The van der Waals surface area contributed by atoms with Gasteiger partial charge in [0.15, 0.2) is 11.5 Å². The van der Waals surface area contributed by atoms with Crippen LogP contribution in [0.25, 0.3) is 12.2 Å². The molecule has 0 aliphatic heterocycles. The van der Waals surface area contributed by atoms with Crippen LogP contribution in [-0.2, 0) is 19.1 Å². The molecule has 0 aliphatic rings. The average molecular weight is 442 g/mol. The molecule has 0 spiro atoms. The van der Waals surface area contributed by atoms with Crippen molar-refractivity contribution in [1.29, 1.82) is 0 Å². The molecule has 0 fully saturated rings. The lowest BCUT2D eigenvalue weighted by molar-refractivity contribution is -0.146. The predicted octanol–water partition coefficient (Wildman–Crippen LogP) is 2.89. The number of hydrogen-bond acceptors (Lipinski definition) is 8. The highest BCUT2D eigenvalue weighted by molar-refractivity contribution is 5.87. The highest BCUT2D eigenvalue weighted by Crippen LogP contribution is 2.27. The molecule has 2 rings (SSSR count). The zero-order chi connectivity index (χ0) is 23.3. The van der Waals surface area contributed by atoms with Crippen LogP contribution in [0.5, 0.6) is 17.2 Å². The zero-order valence-electron chi connectivity index (χ0n) is 18.1. The molecular formula is C24H26O8. The molecule has 0 saturated heterocycles. The van der Waals surface area contributed by atoms with Gasteiger partial charge in [0.05, 0.1) is 21.3 Å². The van der Waals surface area contributed by atoms with Crippen molar-refractivity contribution < 1.29 is 38.4 Å². The fourth-order valence-electron chi connectivity index (χ4n) is 2.50. The van der Waals surface area contributed by atoms with Crippen molar-refractivity contribution in [2.75, 3.05) is 34.5 Å². The van der Waals surface area contributed by atoms with Gasteiger partial charge in [-0.05, 0) is 47.5 Å². The lowest BCUT2D eigenvalue weighted by atomic mass is 10.2. The lowest BCUT2D eigenvalue weighted by Gasteiger charge is -2.10. The Kier molecular flexibility index (Phi) is 9.80. The van der Waals surface area contributed by atoms with E-state index in [-0.39, 0.29) is 13.2 Å². The smallest absolute Gasteiger partial charge is 0.330 e. The minimum absolute atomic E-state index is 0.307. The molecule has 0 aromatic heterocycles. The number of ether oxygens (including phenoxy) is 5. The summed E-state index contributed by atoms with van der Waals surface area (Å²) in [5.74, 6) is 0.537. The van der Waals surface area contributed by atoms with E-state index in [2.05, 4.69) is 0 Å². The summed E-state index contributed by atoms with van der Waals surface area (Å²) in [7, 11) is 4.62. The molecule has 2 aromatic carbocycles. The fraction of sp³-hybridized carbons (Fsp3) is 0.250. The second-order valence-corrected chi connectivity index (χ2v) is 6.47. The van der Waals surface area contributed by atoms with Crippen LogP contribution in [0.2, 0.25) is 0 Å². The second kappa shape index (κ2) is 12.8. The van der Waals surface area contributed by atoms with Gasteiger partial charge >= 0.3 is 11.9 Å². The van der Waals surface area contributed by atoms with Crippen LogP contribution >= 0.6 is 0 Å². The largest absolute Gasteiger partial charge is 0.497 e. The molecule has 8 heteroatoms. The summed E-state index contributed by atoms with van der Waals surface area (Å²) < 4.78 is 25.3. The van der Waals surface area contributed by atoms with Crippen molar-refractivity contribution in [3.63, 3.8) is 0 Å². The molecule has 0 amide bonds. The number of aliphatic hydroxyl groups is 1. The number of aliphatic hydroxyl groups excluding tert-OH is 1. The van der Waals surface area contributed by atoms with Crippen LogP contribution in [-0.4, -0.2) is 57.7 Å². The predicted molar refractivity (Wildman–Crippen MR) is 119 cm³/mol. The standard InChI is InChI=1S/C24H26O8/c1-28-20-9-4-17(5-10-20)7-12-23(26)31-15-19(25)16-32-24(27)13-8-18-6-11-21(29-2)22(14-18)30-3/h4-14,19,25H,15-16H2,1-3H3. The number of carbonyl (C=O) groups excluding carboxylic acids is 2. The molecule has 0 heterocycles. The van der Waals surface area contributed by atoms with Gasteiger partial charge in [0.2, 0.25) is 0 Å². The molecule has 170 valence electrons. The van der Waals surface area contributed by atoms with Gasteiger partial charge in [0.1, 0.15) is 25.1 Å². The van der Waals surface area contributed by atoms with Crippen LogP contribution in [0, 0.1) is 0 Å². The van der Waals surface area contributed by atoms with Gasteiger partial charge in [-0.1, -0.05) is 18.2 Å². The van der Waals surface area contributed by atoms with Crippen LogP contribution in [0.3, 0.4) is 0 Å². The molecule has 8 nitrogen and oxygen atoms in total. The minimum Gasteiger partial charge on any atom is -0.497 e. The van der Waals surface area contributed by atoms with Crippen LogP contribution in [0.15, 0.2) is 54.6 Å². The number of benzene rings is 2. The van der Waals surface area contributed by atoms with Crippen molar-refractivity contribution in [2.45, 2.75) is 6.10 Å². The third kappa shape index (κ3) is 8.16. The molecule has 0 aliphatic carbocycles. The summed E-state index contributed by atoms with van der Waals surface area (Å²) >= 11 is 0. The van der Waals surface area contributed by atoms with Gasteiger partial charge < -0.3 is 28.8 Å². The number of methoxy groups -OCH3 is 3. The van der Waals surface area contributed by atoms with Crippen molar-refractivity contribution in [1.82, 2.24) is 0 Å². The summed E-state index contributed by atoms with van der Waals surface area (Å²) in [4.78, 5) is 23.6. The minimum atomic E-state index is -1.15. The second-order valence-electron chi connectivity index (χ2n) is 6.47. The van der Waals surface area contributed by atoms with Crippen molar-refractivity contribution in [2.24, 2.45) is 0 Å². The van der Waals surface area contributed by atoms with E-state index >= 15 is 0 Å². The Labute approximate surface area is 186 Å².